The maximum Gasteiger partial charge on any atom is 0.461 e. The van der Waals surface area contributed by atoms with Crippen LogP contribution in [0.4, 0.5) is 26.3 Å². The van der Waals surface area contributed by atoms with Gasteiger partial charge in [-0.25, -0.2) is 0 Å². The van der Waals surface area contributed by atoms with Crippen molar-refractivity contribution in [3.05, 3.63) is 0 Å². The van der Waals surface area contributed by atoms with Gasteiger partial charge >= 0.3 is 19.5 Å². The summed E-state index contributed by atoms with van der Waals surface area (Å²) >= 11 is 0. The highest BCUT2D eigenvalue weighted by Crippen LogP contribution is 2.48. The Hall–Kier alpha value is -0.515. The summed E-state index contributed by atoms with van der Waals surface area (Å²) in [6.07, 6.45) is -7.15. The number of rotatable bonds is 7. The van der Waals surface area contributed by atoms with Crippen LogP contribution in [-0.4, -0.2) is 57.1 Å². The normalized spacial score (nSPS) is 24.8. The first kappa shape index (κ1) is 24.8. The Morgan fingerprint density at radius 2 is 1.17 bits per heavy atom. The van der Waals surface area contributed by atoms with Crippen LogP contribution in [0.15, 0.2) is 0 Å². The van der Waals surface area contributed by atoms with Crippen molar-refractivity contribution in [2.45, 2.75) is 82.8 Å². The van der Waals surface area contributed by atoms with E-state index in [0.29, 0.717) is 25.7 Å². The minimum atomic E-state index is -4.49. The highest BCUT2D eigenvalue weighted by Gasteiger charge is 2.54. The zero-order chi connectivity index (χ0) is 22.1. The highest BCUT2D eigenvalue weighted by atomic mass is 19.4. The summed E-state index contributed by atoms with van der Waals surface area (Å²) in [6, 6.07) is 0. The molecule has 1 saturated carbocycles. The Bertz CT molecular complexity index is 503. The lowest BCUT2D eigenvalue weighted by Crippen LogP contribution is -2.41. The second kappa shape index (κ2) is 8.55. The average Bonchev–Trinajstić information content (AvgIpc) is 2.73. The van der Waals surface area contributed by atoms with Crippen LogP contribution in [0.1, 0.15) is 53.4 Å². The minimum Gasteiger partial charge on any atom is -0.403 e. The van der Waals surface area contributed by atoms with E-state index in [1.807, 2.05) is 27.7 Å². The molecule has 0 unspecified atom stereocenters. The van der Waals surface area contributed by atoms with E-state index in [0.717, 1.165) is 0 Å². The molecule has 0 aromatic heterocycles. The van der Waals surface area contributed by atoms with Crippen molar-refractivity contribution in [3.8, 4) is 0 Å². The van der Waals surface area contributed by atoms with Gasteiger partial charge in [0.15, 0.2) is 0 Å². The van der Waals surface area contributed by atoms with Gasteiger partial charge in [-0.15, -0.1) is 0 Å². The first-order chi connectivity index (χ1) is 13.0. The van der Waals surface area contributed by atoms with E-state index in [2.05, 4.69) is 0 Å². The van der Waals surface area contributed by atoms with Crippen molar-refractivity contribution in [1.82, 2.24) is 0 Å². The molecule has 0 bridgehead atoms. The molecular weight excluding hydrogens is 405 g/mol. The molecule has 11 heteroatoms. The van der Waals surface area contributed by atoms with Crippen LogP contribution in [0, 0.1) is 5.41 Å². The van der Waals surface area contributed by atoms with E-state index < -0.39 is 49.3 Å². The van der Waals surface area contributed by atoms with E-state index in [1.165, 1.54) is 0 Å². The molecule has 0 spiro atoms. The van der Waals surface area contributed by atoms with Crippen molar-refractivity contribution < 1.29 is 45.1 Å². The lowest BCUT2D eigenvalue weighted by atomic mass is 9.59. The van der Waals surface area contributed by atoms with Crippen molar-refractivity contribution >= 4 is 7.12 Å². The van der Waals surface area contributed by atoms with Gasteiger partial charge in [0.25, 0.3) is 0 Å². The van der Waals surface area contributed by atoms with E-state index >= 15 is 0 Å². The van der Waals surface area contributed by atoms with Crippen molar-refractivity contribution in [2.75, 3.05) is 26.4 Å². The van der Waals surface area contributed by atoms with Gasteiger partial charge in [-0.05, 0) is 46.4 Å². The molecule has 2 aliphatic rings. The molecular formula is C18H29BF6O4. The van der Waals surface area contributed by atoms with Crippen LogP contribution in [0.3, 0.4) is 0 Å². The predicted octanol–water partition coefficient (Wildman–Crippen LogP) is 5.17. The molecule has 1 heterocycles. The fourth-order valence-electron chi connectivity index (χ4n) is 3.70. The van der Waals surface area contributed by atoms with Crippen LogP contribution in [0.2, 0.25) is 5.82 Å². The number of alkyl halides is 6. The molecule has 2 rings (SSSR count). The summed E-state index contributed by atoms with van der Waals surface area (Å²) in [5, 5.41) is 0. The Morgan fingerprint density at radius 3 is 1.52 bits per heavy atom. The lowest BCUT2D eigenvalue weighted by molar-refractivity contribution is -0.197. The third-order valence-electron chi connectivity index (χ3n) is 6.10. The van der Waals surface area contributed by atoms with Crippen LogP contribution >= 0.6 is 0 Å². The molecule has 1 saturated heterocycles. The molecule has 29 heavy (non-hydrogen) atoms. The third kappa shape index (κ3) is 7.00. The Balaban J connectivity index is 1.96. The molecule has 1 aliphatic carbocycles. The molecule has 170 valence electrons. The number of hydrogen-bond donors (Lipinski definition) is 0. The maximum atomic E-state index is 12.4. The molecule has 4 nitrogen and oxygen atoms in total. The van der Waals surface area contributed by atoms with Crippen molar-refractivity contribution in [3.63, 3.8) is 0 Å². The van der Waals surface area contributed by atoms with E-state index in [1.54, 1.807) is 0 Å². The summed E-state index contributed by atoms with van der Waals surface area (Å²) < 4.78 is 96.2. The zero-order valence-electron chi connectivity index (χ0n) is 17.2. The quantitative estimate of drug-likeness (QED) is 0.410. The number of halogens is 6. The van der Waals surface area contributed by atoms with Gasteiger partial charge in [0.2, 0.25) is 0 Å². The standard InChI is InChI=1S/C18H29BF6O4/c1-14(2)15(3,4)29-19(28-14)13-5-7-16(8-6-13,9-26-11-17(20,21)22)10-27-12-18(23,24)25/h13H,5-12H2,1-4H3. The number of hydrogen-bond acceptors (Lipinski definition) is 4. The molecule has 0 aromatic rings. The minimum absolute atomic E-state index is 0.00871. The first-order valence-corrected chi connectivity index (χ1v) is 9.69. The van der Waals surface area contributed by atoms with Gasteiger partial charge in [0, 0.05) is 5.41 Å². The first-order valence-electron chi connectivity index (χ1n) is 9.69. The second-order valence-corrected chi connectivity index (χ2v) is 9.18. The monoisotopic (exact) mass is 434 g/mol. The molecule has 0 amide bonds. The molecule has 0 N–H and O–H groups in total. The second-order valence-electron chi connectivity index (χ2n) is 9.18. The Labute approximate surface area is 167 Å². The molecule has 0 aromatic carbocycles. The van der Waals surface area contributed by atoms with Gasteiger partial charge in [0.05, 0.1) is 24.4 Å². The van der Waals surface area contributed by atoms with Crippen LogP contribution in [-0.2, 0) is 18.8 Å². The zero-order valence-corrected chi connectivity index (χ0v) is 17.2. The van der Waals surface area contributed by atoms with Gasteiger partial charge in [-0.2, -0.15) is 26.3 Å². The maximum absolute atomic E-state index is 12.4. The molecule has 0 radical (unpaired) electrons. The number of ether oxygens (including phenoxy) is 2. The van der Waals surface area contributed by atoms with E-state index in [-0.39, 0.29) is 19.0 Å². The Morgan fingerprint density at radius 1 is 0.793 bits per heavy atom. The molecule has 0 atom stereocenters. The summed E-state index contributed by atoms with van der Waals surface area (Å²) in [6.45, 7) is 4.22. The smallest absolute Gasteiger partial charge is 0.403 e. The van der Waals surface area contributed by atoms with E-state index in [4.69, 9.17) is 18.8 Å². The molecule has 1 aliphatic heterocycles. The van der Waals surface area contributed by atoms with Gasteiger partial charge in [-0.3, -0.25) is 0 Å². The largest absolute Gasteiger partial charge is 0.461 e. The van der Waals surface area contributed by atoms with Gasteiger partial charge in [-0.1, -0.05) is 12.8 Å². The fraction of sp³-hybridized carbons (Fsp3) is 1.00. The summed E-state index contributed by atoms with van der Waals surface area (Å²) in [4.78, 5) is 0. The highest BCUT2D eigenvalue weighted by molar-refractivity contribution is 6.47. The predicted molar refractivity (Wildman–Crippen MR) is 94.5 cm³/mol. The van der Waals surface area contributed by atoms with Crippen LogP contribution < -0.4 is 0 Å². The SMILES string of the molecule is CC1(C)OB(C2CCC(COCC(F)(F)F)(COCC(F)(F)F)CC2)OC1(C)C. The third-order valence-corrected chi connectivity index (χ3v) is 6.10. The summed E-state index contributed by atoms with van der Waals surface area (Å²) in [5.41, 5.74) is -1.90. The molecule has 2 fully saturated rings. The van der Waals surface area contributed by atoms with Crippen molar-refractivity contribution in [2.24, 2.45) is 5.41 Å². The van der Waals surface area contributed by atoms with Crippen LogP contribution in [0.25, 0.3) is 0 Å². The average molecular weight is 434 g/mol. The van der Waals surface area contributed by atoms with Crippen molar-refractivity contribution in [1.29, 1.82) is 0 Å². The summed E-state index contributed by atoms with van der Waals surface area (Å²) in [5.74, 6) is 0.00871. The lowest BCUT2D eigenvalue weighted by Gasteiger charge is -2.40. The van der Waals surface area contributed by atoms with E-state index in [9.17, 15) is 26.3 Å². The topological polar surface area (TPSA) is 36.9 Å². The van der Waals surface area contributed by atoms with Gasteiger partial charge < -0.3 is 18.8 Å². The Kier molecular flexibility index (Phi) is 7.30. The van der Waals surface area contributed by atoms with Gasteiger partial charge in [0.1, 0.15) is 13.2 Å². The van der Waals surface area contributed by atoms with Crippen LogP contribution in [0.5, 0.6) is 0 Å². The fourth-order valence-corrected chi connectivity index (χ4v) is 3.70. The summed E-state index contributed by atoms with van der Waals surface area (Å²) in [7, 11) is -0.454.